The lowest BCUT2D eigenvalue weighted by Crippen LogP contribution is -2.59. The number of carbonyl (C=O) groups excluding carboxylic acids is 5. The van der Waals surface area contributed by atoms with Crippen LogP contribution in [-0.2, 0) is 43.4 Å². The van der Waals surface area contributed by atoms with Gasteiger partial charge >= 0.3 is 0 Å². The lowest BCUT2D eigenvalue weighted by molar-refractivity contribution is -0.134. The van der Waals surface area contributed by atoms with Crippen LogP contribution in [0.5, 0.6) is 0 Å². The first-order valence-electron chi connectivity index (χ1n) is 19.8. The fraction of sp³-hybridized carbons (Fsp3) is 0.650. The van der Waals surface area contributed by atoms with E-state index in [2.05, 4.69) is 55.8 Å². The first-order valence-corrected chi connectivity index (χ1v) is 19.8. The maximum Gasteiger partial charge on any atom is 0.245 e. The molecular weight excluding hydrogens is 688 g/mol. The van der Waals surface area contributed by atoms with Crippen molar-refractivity contribution in [3.05, 3.63) is 54.1 Å². The highest BCUT2D eigenvalue weighted by Crippen LogP contribution is 2.13. The fourth-order valence-corrected chi connectivity index (χ4v) is 6.21. The summed E-state index contributed by atoms with van der Waals surface area (Å²) in [5, 5.41) is 24.1. The van der Waals surface area contributed by atoms with Gasteiger partial charge in [0.2, 0.25) is 29.5 Å². The molecule has 14 heteroatoms. The van der Waals surface area contributed by atoms with E-state index in [4.69, 9.17) is 5.73 Å². The van der Waals surface area contributed by atoms with Gasteiger partial charge in [-0.15, -0.1) is 0 Å². The van der Waals surface area contributed by atoms with Crippen molar-refractivity contribution >= 4 is 29.5 Å². The van der Waals surface area contributed by atoms with Crippen LogP contribution in [0.25, 0.3) is 0 Å². The Balaban J connectivity index is 2.08. The molecule has 4 unspecified atom stereocenters. The number of imidazole rings is 1. The Morgan fingerprint density at radius 2 is 1.37 bits per heavy atom. The number of primary amides is 1. The third kappa shape index (κ3) is 18.6. The van der Waals surface area contributed by atoms with Crippen LogP contribution in [0.1, 0.15) is 110 Å². The molecule has 1 aromatic heterocycles. The standard InChI is InChI=1S/C40H66N8O6/c1-5-33(37(41)51)45-40(54)36(27-49)47-39(53)35(46-38(52)34(24-29(2)3)44-22-16-11-15-21-43-30(4)50)25-32-26-42-28-48(32)23-17-9-7-6-8-12-18-31-19-13-10-14-20-31/h10,13-14,19-20,26,28-29,33-36,44,49H,5-9,11-12,15-18,21-25,27H2,1-4H3,(H2,41,51)(H,43,50)(H,45,54)(H,46,52)(H,47,53). The second-order valence-electron chi connectivity index (χ2n) is 14.5. The topological polar surface area (TPSA) is 210 Å². The molecule has 0 aliphatic carbocycles. The number of nitrogens with one attached hydrogen (secondary N) is 5. The molecule has 2 aromatic rings. The quantitative estimate of drug-likeness (QED) is 0.0613. The molecule has 54 heavy (non-hydrogen) atoms. The van der Waals surface area contributed by atoms with Crippen LogP contribution < -0.4 is 32.3 Å². The molecule has 4 atom stereocenters. The number of nitrogens with two attached hydrogens (primary N) is 1. The van der Waals surface area contributed by atoms with Gasteiger partial charge in [-0.1, -0.05) is 83.2 Å². The van der Waals surface area contributed by atoms with Gasteiger partial charge in [-0.05, 0) is 63.0 Å². The van der Waals surface area contributed by atoms with Crippen molar-refractivity contribution in [2.45, 2.75) is 142 Å². The fourth-order valence-electron chi connectivity index (χ4n) is 6.21. The second-order valence-corrected chi connectivity index (χ2v) is 14.5. The van der Waals surface area contributed by atoms with Crippen LogP contribution in [0.15, 0.2) is 42.9 Å². The van der Waals surface area contributed by atoms with Crippen molar-refractivity contribution in [1.29, 1.82) is 0 Å². The monoisotopic (exact) mass is 755 g/mol. The third-order valence-corrected chi connectivity index (χ3v) is 9.33. The zero-order valence-corrected chi connectivity index (χ0v) is 32.9. The molecule has 302 valence electrons. The van der Waals surface area contributed by atoms with Crippen molar-refractivity contribution in [3.63, 3.8) is 0 Å². The molecule has 0 saturated heterocycles. The summed E-state index contributed by atoms with van der Waals surface area (Å²) >= 11 is 0. The average Bonchev–Trinajstić information content (AvgIpc) is 3.58. The molecule has 1 aromatic carbocycles. The Labute approximate surface area is 321 Å². The van der Waals surface area contributed by atoms with Gasteiger partial charge in [0, 0.05) is 38.3 Å². The van der Waals surface area contributed by atoms with E-state index in [1.807, 2.05) is 24.5 Å². The Bertz CT molecular complexity index is 1400. The van der Waals surface area contributed by atoms with Gasteiger partial charge in [-0.25, -0.2) is 4.98 Å². The number of benzene rings is 1. The highest BCUT2D eigenvalue weighted by Gasteiger charge is 2.31. The van der Waals surface area contributed by atoms with E-state index < -0.39 is 48.5 Å². The molecule has 1 heterocycles. The summed E-state index contributed by atoms with van der Waals surface area (Å²) in [4.78, 5) is 67.7. The largest absolute Gasteiger partial charge is 0.394 e. The van der Waals surface area contributed by atoms with Gasteiger partial charge < -0.3 is 42.0 Å². The van der Waals surface area contributed by atoms with Gasteiger partial charge in [0.05, 0.1) is 19.0 Å². The molecule has 0 spiro atoms. The van der Waals surface area contributed by atoms with Crippen molar-refractivity contribution in [1.82, 2.24) is 36.1 Å². The van der Waals surface area contributed by atoms with Crippen LogP contribution in [0.4, 0.5) is 0 Å². The molecule has 0 aliphatic rings. The number of hydrogen-bond acceptors (Lipinski definition) is 8. The zero-order chi connectivity index (χ0) is 39.7. The van der Waals surface area contributed by atoms with E-state index in [0.717, 1.165) is 50.6 Å². The van der Waals surface area contributed by atoms with E-state index in [0.29, 0.717) is 26.1 Å². The number of amides is 5. The summed E-state index contributed by atoms with van der Waals surface area (Å²) < 4.78 is 1.99. The minimum Gasteiger partial charge on any atom is -0.394 e. The predicted molar refractivity (Wildman–Crippen MR) is 210 cm³/mol. The lowest BCUT2D eigenvalue weighted by atomic mass is 10.0. The van der Waals surface area contributed by atoms with E-state index in [1.165, 1.54) is 31.7 Å². The first-order chi connectivity index (χ1) is 25.9. The number of carbonyl (C=O) groups is 5. The van der Waals surface area contributed by atoms with E-state index >= 15 is 0 Å². The van der Waals surface area contributed by atoms with Crippen LogP contribution >= 0.6 is 0 Å². The van der Waals surface area contributed by atoms with E-state index in [-0.39, 0.29) is 30.6 Å². The average molecular weight is 755 g/mol. The maximum absolute atomic E-state index is 13.8. The second kappa shape index (κ2) is 26.5. The predicted octanol–water partition coefficient (Wildman–Crippen LogP) is 2.66. The highest BCUT2D eigenvalue weighted by atomic mass is 16.3. The smallest absolute Gasteiger partial charge is 0.245 e. The van der Waals surface area contributed by atoms with Crippen molar-refractivity contribution in [3.8, 4) is 0 Å². The van der Waals surface area contributed by atoms with E-state index in [1.54, 1.807) is 19.4 Å². The minimum absolute atomic E-state index is 0.0640. The summed E-state index contributed by atoms with van der Waals surface area (Å²) in [5.74, 6) is -2.38. The molecule has 14 nitrogen and oxygen atoms in total. The van der Waals surface area contributed by atoms with Gasteiger partial charge in [-0.2, -0.15) is 0 Å². The summed E-state index contributed by atoms with van der Waals surface area (Å²) in [5.41, 5.74) is 7.50. The van der Waals surface area contributed by atoms with Crippen molar-refractivity contribution in [2.75, 3.05) is 19.7 Å². The molecule has 2 rings (SSSR count). The Kier molecular flexibility index (Phi) is 22.5. The van der Waals surface area contributed by atoms with Gasteiger partial charge in [0.25, 0.3) is 0 Å². The number of unbranched alkanes of at least 4 members (excludes halogenated alkanes) is 7. The molecule has 0 aliphatic heterocycles. The minimum atomic E-state index is -1.37. The summed E-state index contributed by atoms with van der Waals surface area (Å²) in [7, 11) is 0. The number of aliphatic hydroxyl groups excluding tert-OH is 1. The third-order valence-electron chi connectivity index (χ3n) is 9.33. The Hall–Kier alpha value is -4.30. The molecule has 0 saturated carbocycles. The number of rotatable bonds is 29. The molecule has 5 amide bonds. The molecule has 0 fully saturated rings. The normalized spacial score (nSPS) is 13.4. The van der Waals surface area contributed by atoms with Gasteiger partial charge in [0.1, 0.15) is 18.1 Å². The lowest BCUT2D eigenvalue weighted by Gasteiger charge is -2.26. The van der Waals surface area contributed by atoms with Gasteiger partial charge in [-0.3, -0.25) is 24.0 Å². The molecule has 0 radical (unpaired) electrons. The van der Waals surface area contributed by atoms with Crippen LogP contribution in [0, 0.1) is 5.92 Å². The highest BCUT2D eigenvalue weighted by molar-refractivity contribution is 5.94. The number of aromatic nitrogens is 2. The number of aryl methyl sites for hydroxylation is 2. The maximum atomic E-state index is 13.8. The van der Waals surface area contributed by atoms with Crippen LogP contribution in [0.2, 0.25) is 0 Å². The molecule has 0 bridgehead atoms. The van der Waals surface area contributed by atoms with Crippen molar-refractivity contribution in [2.24, 2.45) is 11.7 Å². The van der Waals surface area contributed by atoms with Gasteiger partial charge in [0.15, 0.2) is 0 Å². The molecular formula is C40H66N8O6. The van der Waals surface area contributed by atoms with Crippen LogP contribution in [-0.4, -0.2) is 88.1 Å². The number of hydrogen-bond donors (Lipinski definition) is 7. The summed E-state index contributed by atoms with van der Waals surface area (Å²) in [6, 6.07) is 6.52. The Morgan fingerprint density at radius 3 is 2.02 bits per heavy atom. The number of nitrogens with zero attached hydrogens (tertiary/aromatic N) is 2. The Morgan fingerprint density at radius 1 is 0.778 bits per heavy atom. The SMILES string of the molecule is CCC(NC(=O)C(CO)NC(=O)C(Cc1cncn1CCCCCCCCc1ccccc1)NC(=O)C(CC(C)C)NCCCCCNC(C)=O)C(N)=O. The van der Waals surface area contributed by atoms with Crippen LogP contribution in [0.3, 0.4) is 0 Å². The number of aliphatic hydroxyl groups is 1. The summed E-state index contributed by atoms with van der Waals surface area (Å²) in [6.45, 7) is 8.35. The van der Waals surface area contributed by atoms with Crippen molar-refractivity contribution < 1.29 is 29.1 Å². The molecule has 8 N–H and O–H groups in total. The first kappa shape index (κ1) is 45.9. The van der Waals surface area contributed by atoms with E-state index in [9.17, 15) is 29.1 Å². The zero-order valence-electron chi connectivity index (χ0n) is 32.9. The summed E-state index contributed by atoms with van der Waals surface area (Å²) in [6.07, 6.45) is 14.5.